The van der Waals surface area contributed by atoms with E-state index in [4.69, 9.17) is 0 Å². The summed E-state index contributed by atoms with van der Waals surface area (Å²) >= 11 is 0. The molecule has 1 aliphatic heterocycles. The number of aromatic nitrogens is 3. The summed E-state index contributed by atoms with van der Waals surface area (Å²) in [6, 6.07) is 0. The van der Waals surface area contributed by atoms with Crippen molar-refractivity contribution in [3.63, 3.8) is 0 Å². The molecule has 7 heteroatoms. The predicted molar refractivity (Wildman–Crippen MR) is 66.8 cm³/mol. The Morgan fingerprint density at radius 3 is 2.83 bits per heavy atom. The van der Waals surface area contributed by atoms with Crippen molar-refractivity contribution >= 4 is 5.91 Å². The average molecular weight is 252 g/mol. The molecule has 0 spiro atoms. The second-order valence-corrected chi connectivity index (χ2v) is 4.66. The molecule has 0 unspecified atom stereocenters. The molecule has 2 heterocycles. The molecule has 7 nitrogen and oxygen atoms in total. The number of likely N-dealkylation sites (N-methyl/N-ethyl adjacent to an activating group) is 1. The Bertz CT molecular complexity index is 398. The molecule has 2 rings (SSSR count). The van der Waals surface area contributed by atoms with Crippen molar-refractivity contribution in [3.8, 4) is 0 Å². The van der Waals surface area contributed by atoms with E-state index in [2.05, 4.69) is 15.5 Å². The number of hydrogen-bond acceptors (Lipinski definition) is 5. The van der Waals surface area contributed by atoms with Crippen molar-refractivity contribution < 1.29 is 4.79 Å². The van der Waals surface area contributed by atoms with Crippen LogP contribution < -0.4 is 5.32 Å². The predicted octanol–water partition coefficient (Wildman–Crippen LogP) is -1.32. The van der Waals surface area contributed by atoms with Crippen molar-refractivity contribution in [1.29, 1.82) is 0 Å². The molecule has 1 saturated heterocycles. The fraction of sp³-hybridized carbons (Fsp3) is 0.727. The Labute approximate surface area is 107 Å². The lowest BCUT2D eigenvalue weighted by molar-refractivity contribution is -0.132. The zero-order chi connectivity index (χ0) is 13.0. The van der Waals surface area contributed by atoms with Gasteiger partial charge in [0.15, 0.2) is 0 Å². The van der Waals surface area contributed by atoms with Crippen LogP contribution in [-0.4, -0.2) is 70.2 Å². The van der Waals surface area contributed by atoms with Crippen LogP contribution in [0.5, 0.6) is 0 Å². The van der Waals surface area contributed by atoms with Crippen molar-refractivity contribution in [3.05, 3.63) is 12.2 Å². The highest BCUT2D eigenvalue weighted by Crippen LogP contribution is 2.00. The largest absolute Gasteiger partial charge is 0.339 e. The number of carbonyl (C=O) groups is 1. The minimum Gasteiger partial charge on any atom is -0.339 e. The SMILES string of the molecule is CN(CC(=O)N1CCNCC1)Cc1nncn1C. The minimum absolute atomic E-state index is 0.182. The van der Waals surface area contributed by atoms with Crippen molar-refractivity contribution in [1.82, 2.24) is 29.9 Å². The first-order valence-electron chi connectivity index (χ1n) is 6.16. The van der Waals surface area contributed by atoms with E-state index in [9.17, 15) is 4.79 Å². The van der Waals surface area contributed by atoms with E-state index in [0.717, 1.165) is 32.0 Å². The Morgan fingerprint density at radius 2 is 2.22 bits per heavy atom. The standard InChI is InChI=1S/C11H20N6O/c1-15(7-10-14-13-9-16(10)2)8-11(18)17-5-3-12-4-6-17/h9,12H,3-8H2,1-2H3. The number of nitrogens with zero attached hydrogens (tertiary/aromatic N) is 5. The van der Waals surface area contributed by atoms with Crippen LogP contribution in [0.4, 0.5) is 0 Å². The summed E-state index contributed by atoms with van der Waals surface area (Å²) in [5, 5.41) is 11.1. The van der Waals surface area contributed by atoms with Gasteiger partial charge < -0.3 is 14.8 Å². The third-order valence-electron chi connectivity index (χ3n) is 3.09. The molecular formula is C11H20N6O. The van der Waals surface area contributed by atoms with Gasteiger partial charge in [0.2, 0.25) is 5.91 Å². The molecule has 18 heavy (non-hydrogen) atoms. The maximum atomic E-state index is 12.0. The molecule has 1 amide bonds. The second kappa shape index (κ2) is 5.92. The topological polar surface area (TPSA) is 66.3 Å². The molecule has 0 saturated carbocycles. The number of nitrogens with one attached hydrogen (secondary N) is 1. The number of piperazine rings is 1. The van der Waals surface area contributed by atoms with Crippen LogP contribution >= 0.6 is 0 Å². The molecule has 1 fully saturated rings. The second-order valence-electron chi connectivity index (χ2n) is 4.66. The van der Waals surface area contributed by atoms with Crippen molar-refractivity contribution in [2.75, 3.05) is 39.8 Å². The molecule has 0 radical (unpaired) electrons. The van der Waals surface area contributed by atoms with Crippen LogP contribution in [0.1, 0.15) is 5.82 Å². The van der Waals surface area contributed by atoms with E-state index in [1.165, 1.54) is 0 Å². The van der Waals surface area contributed by atoms with E-state index in [-0.39, 0.29) is 5.91 Å². The van der Waals surface area contributed by atoms with E-state index < -0.39 is 0 Å². The van der Waals surface area contributed by atoms with Crippen LogP contribution in [-0.2, 0) is 18.4 Å². The van der Waals surface area contributed by atoms with Gasteiger partial charge in [-0.15, -0.1) is 10.2 Å². The molecule has 1 N–H and O–H groups in total. The quantitative estimate of drug-likeness (QED) is 0.720. The Hall–Kier alpha value is -1.47. The molecule has 0 bridgehead atoms. The first kappa shape index (κ1) is 13.0. The first-order chi connectivity index (χ1) is 8.66. The smallest absolute Gasteiger partial charge is 0.236 e. The molecule has 1 aromatic rings. The number of rotatable bonds is 4. The Balaban J connectivity index is 1.81. The first-order valence-corrected chi connectivity index (χ1v) is 6.16. The van der Waals surface area contributed by atoms with Gasteiger partial charge >= 0.3 is 0 Å². The van der Waals surface area contributed by atoms with Crippen molar-refractivity contribution in [2.24, 2.45) is 7.05 Å². The average Bonchev–Trinajstić information content (AvgIpc) is 2.76. The van der Waals surface area contributed by atoms with Gasteiger partial charge in [0.05, 0.1) is 13.1 Å². The van der Waals surface area contributed by atoms with Gasteiger partial charge in [-0.1, -0.05) is 0 Å². The van der Waals surface area contributed by atoms with Gasteiger partial charge in [-0.3, -0.25) is 9.69 Å². The lowest BCUT2D eigenvalue weighted by Gasteiger charge is -2.29. The highest BCUT2D eigenvalue weighted by Gasteiger charge is 2.18. The van der Waals surface area contributed by atoms with Crippen LogP contribution in [0, 0.1) is 0 Å². The summed E-state index contributed by atoms with van der Waals surface area (Å²) in [4.78, 5) is 15.9. The molecule has 0 atom stereocenters. The summed E-state index contributed by atoms with van der Waals surface area (Å²) in [7, 11) is 3.83. The highest BCUT2D eigenvalue weighted by atomic mass is 16.2. The summed E-state index contributed by atoms with van der Waals surface area (Å²) in [6.07, 6.45) is 1.67. The summed E-state index contributed by atoms with van der Waals surface area (Å²) in [6.45, 7) is 4.44. The number of hydrogen-bond donors (Lipinski definition) is 1. The van der Waals surface area contributed by atoms with Crippen LogP contribution in [0.15, 0.2) is 6.33 Å². The number of aryl methyl sites for hydroxylation is 1. The lowest BCUT2D eigenvalue weighted by Crippen LogP contribution is -2.49. The Kier molecular flexibility index (Phi) is 4.27. The number of carbonyl (C=O) groups excluding carboxylic acids is 1. The van der Waals surface area contributed by atoms with Crippen LogP contribution in [0.2, 0.25) is 0 Å². The zero-order valence-corrected chi connectivity index (χ0v) is 11.0. The molecule has 0 aromatic carbocycles. The maximum absolute atomic E-state index is 12.0. The molecule has 100 valence electrons. The zero-order valence-electron chi connectivity index (χ0n) is 11.0. The van der Waals surface area contributed by atoms with Gasteiger partial charge in [0.1, 0.15) is 12.2 Å². The highest BCUT2D eigenvalue weighted by molar-refractivity contribution is 5.78. The summed E-state index contributed by atoms with van der Waals surface area (Å²) in [5.74, 6) is 1.05. The van der Waals surface area contributed by atoms with E-state index in [1.807, 2.05) is 28.5 Å². The van der Waals surface area contributed by atoms with E-state index in [1.54, 1.807) is 6.33 Å². The molecular weight excluding hydrogens is 232 g/mol. The van der Waals surface area contributed by atoms with Gasteiger partial charge in [-0.05, 0) is 7.05 Å². The van der Waals surface area contributed by atoms with Crippen LogP contribution in [0.25, 0.3) is 0 Å². The monoisotopic (exact) mass is 252 g/mol. The summed E-state index contributed by atoms with van der Waals surface area (Å²) in [5.41, 5.74) is 0. The maximum Gasteiger partial charge on any atom is 0.236 e. The van der Waals surface area contributed by atoms with Gasteiger partial charge in [-0.2, -0.15) is 0 Å². The Morgan fingerprint density at radius 1 is 1.50 bits per heavy atom. The number of amides is 1. The minimum atomic E-state index is 0.182. The fourth-order valence-electron chi connectivity index (χ4n) is 1.99. The molecule has 0 aliphatic carbocycles. The third-order valence-corrected chi connectivity index (χ3v) is 3.09. The summed E-state index contributed by atoms with van der Waals surface area (Å²) < 4.78 is 1.87. The lowest BCUT2D eigenvalue weighted by atomic mass is 10.3. The van der Waals surface area contributed by atoms with Gasteiger partial charge in [0, 0.05) is 33.2 Å². The van der Waals surface area contributed by atoms with Crippen LogP contribution in [0.3, 0.4) is 0 Å². The molecule has 1 aromatic heterocycles. The van der Waals surface area contributed by atoms with Gasteiger partial charge in [-0.25, -0.2) is 0 Å². The van der Waals surface area contributed by atoms with Gasteiger partial charge in [0.25, 0.3) is 0 Å². The fourth-order valence-corrected chi connectivity index (χ4v) is 1.99. The molecule has 1 aliphatic rings. The van der Waals surface area contributed by atoms with E-state index >= 15 is 0 Å². The van der Waals surface area contributed by atoms with Crippen molar-refractivity contribution in [2.45, 2.75) is 6.54 Å². The van der Waals surface area contributed by atoms with E-state index in [0.29, 0.717) is 13.1 Å². The normalized spacial score (nSPS) is 16.3. The third kappa shape index (κ3) is 3.27.